The number of ether oxygens (including phenoxy) is 1. The van der Waals surface area contributed by atoms with E-state index in [0.717, 1.165) is 49.1 Å². The summed E-state index contributed by atoms with van der Waals surface area (Å²) in [5.41, 5.74) is 2.35. The number of para-hydroxylation sites is 1. The standard InChI is InChI=1S/C21H25N3O2S/c1-16-15-17-5-2-3-6-18(17)24(16)20-8-7-19(27-20)21(25)22-9-4-10-23-11-13-26-14-12-23/h2-3,5-8,15H,4,9-14H2,1H3,(H,22,25). The lowest BCUT2D eigenvalue weighted by Crippen LogP contribution is -2.38. The van der Waals surface area contributed by atoms with Gasteiger partial charge in [0, 0.05) is 30.7 Å². The molecular formula is C21H25N3O2S. The van der Waals surface area contributed by atoms with Gasteiger partial charge >= 0.3 is 0 Å². The molecule has 0 aliphatic carbocycles. The van der Waals surface area contributed by atoms with Crippen molar-refractivity contribution in [1.82, 2.24) is 14.8 Å². The van der Waals surface area contributed by atoms with Crippen LogP contribution in [-0.2, 0) is 4.74 Å². The number of hydrogen-bond acceptors (Lipinski definition) is 4. The summed E-state index contributed by atoms with van der Waals surface area (Å²) < 4.78 is 7.58. The van der Waals surface area contributed by atoms with Gasteiger partial charge in [-0.3, -0.25) is 9.69 Å². The Kier molecular flexibility index (Phi) is 5.57. The van der Waals surface area contributed by atoms with Crippen LogP contribution >= 0.6 is 11.3 Å². The van der Waals surface area contributed by atoms with Gasteiger partial charge in [0.2, 0.25) is 0 Å². The van der Waals surface area contributed by atoms with Crippen LogP contribution in [-0.4, -0.2) is 54.8 Å². The lowest BCUT2D eigenvalue weighted by molar-refractivity contribution is 0.0374. The molecule has 2 aromatic heterocycles. The number of morpholine rings is 1. The van der Waals surface area contributed by atoms with E-state index in [-0.39, 0.29) is 5.91 Å². The molecule has 27 heavy (non-hydrogen) atoms. The third-order valence-electron chi connectivity index (χ3n) is 4.97. The molecule has 0 saturated carbocycles. The summed E-state index contributed by atoms with van der Waals surface area (Å²) in [6.07, 6.45) is 0.964. The number of benzene rings is 1. The van der Waals surface area contributed by atoms with Gasteiger partial charge in [0.25, 0.3) is 5.91 Å². The Balaban J connectivity index is 1.37. The lowest BCUT2D eigenvalue weighted by Gasteiger charge is -2.26. The van der Waals surface area contributed by atoms with Crippen molar-refractivity contribution in [3.8, 4) is 5.00 Å². The second-order valence-electron chi connectivity index (χ2n) is 6.88. The van der Waals surface area contributed by atoms with Gasteiger partial charge in [-0.1, -0.05) is 18.2 Å². The molecule has 0 atom stereocenters. The first-order valence-electron chi connectivity index (χ1n) is 9.48. The van der Waals surface area contributed by atoms with Crippen LogP contribution in [0.4, 0.5) is 0 Å². The Morgan fingerprint density at radius 2 is 2.00 bits per heavy atom. The van der Waals surface area contributed by atoms with Crippen LogP contribution in [0.5, 0.6) is 0 Å². The maximum absolute atomic E-state index is 12.5. The molecule has 0 radical (unpaired) electrons. The van der Waals surface area contributed by atoms with Crippen LogP contribution in [0.25, 0.3) is 15.9 Å². The lowest BCUT2D eigenvalue weighted by atomic mass is 10.2. The number of nitrogens with one attached hydrogen (secondary N) is 1. The molecule has 1 aliphatic rings. The maximum Gasteiger partial charge on any atom is 0.261 e. The number of carbonyl (C=O) groups excluding carboxylic acids is 1. The van der Waals surface area contributed by atoms with Crippen molar-refractivity contribution in [2.24, 2.45) is 0 Å². The average molecular weight is 384 g/mol. The molecular weight excluding hydrogens is 358 g/mol. The van der Waals surface area contributed by atoms with Crippen molar-refractivity contribution in [2.75, 3.05) is 39.4 Å². The van der Waals surface area contributed by atoms with E-state index in [0.29, 0.717) is 6.54 Å². The van der Waals surface area contributed by atoms with Gasteiger partial charge in [0.15, 0.2) is 0 Å². The van der Waals surface area contributed by atoms with E-state index in [2.05, 4.69) is 46.0 Å². The predicted octanol–water partition coefficient (Wildman–Crippen LogP) is 3.45. The summed E-state index contributed by atoms with van der Waals surface area (Å²) in [6, 6.07) is 14.5. The topological polar surface area (TPSA) is 46.5 Å². The van der Waals surface area contributed by atoms with Crippen molar-refractivity contribution in [3.63, 3.8) is 0 Å². The second kappa shape index (κ2) is 8.25. The maximum atomic E-state index is 12.5. The summed E-state index contributed by atoms with van der Waals surface area (Å²) in [5, 5.41) is 5.35. The molecule has 0 spiro atoms. The fraction of sp³-hybridized carbons (Fsp3) is 0.381. The average Bonchev–Trinajstić information content (AvgIpc) is 3.29. The van der Waals surface area contributed by atoms with Crippen LogP contribution in [0.15, 0.2) is 42.5 Å². The highest BCUT2D eigenvalue weighted by Gasteiger charge is 2.14. The molecule has 1 aromatic carbocycles. The fourth-order valence-electron chi connectivity index (χ4n) is 3.57. The number of aryl methyl sites for hydroxylation is 1. The zero-order valence-electron chi connectivity index (χ0n) is 15.6. The van der Waals surface area contributed by atoms with Gasteiger partial charge in [-0.15, -0.1) is 11.3 Å². The zero-order chi connectivity index (χ0) is 18.6. The Morgan fingerprint density at radius 3 is 2.85 bits per heavy atom. The summed E-state index contributed by atoms with van der Waals surface area (Å²) in [4.78, 5) is 15.6. The Morgan fingerprint density at radius 1 is 1.19 bits per heavy atom. The molecule has 1 amide bonds. The van der Waals surface area contributed by atoms with Gasteiger partial charge in [0.05, 0.1) is 23.6 Å². The number of hydrogen-bond donors (Lipinski definition) is 1. The minimum absolute atomic E-state index is 0.0161. The second-order valence-corrected chi connectivity index (χ2v) is 7.94. The van der Waals surface area contributed by atoms with Crippen molar-refractivity contribution in [2.45, 2.75) is 13.3 Å². The van der Waals surface area contributed by atoms with Gasteiger partial charge in [-0.05, 0) is 44.2 Å². The van der Waals surface area contributed by atoms with E-state index in [4.69, 9.17) is 4.74 Å². The van der Waals surface area contributed by atoms with Gasteiger partial charge in [-0.25, -0.2) is 0 Å². The highest BCUT2D eigenvalue weighted by Crippen LogP contribution is 2.28. The minimum atomic E-state index is 0.0161. The largest absolute Gasteiger partial charge is 0.379 e. The van der Waals surface area contributed by atoms with Crippen molar-refractivity contribution >= 4 is 28.1 Å². The Bertz CT molecular complexity index is 925. The van der Waals surface area contributed by atoms with E-state index in [1.165, 1.54) is 27.9 Å². The molecule has 0 unspecified atom stereocenters. The third-order valence-corrected chi connectivity index (χ3v) is 6.04. The van der Waals surface area contributed by atoms with E-state index < -0.39 is 0 Å². The quantitative estimate of drug-likeness (QED) is 0.663. The van der Waals surface area contributed by atoms with Crippen LogP contribution < -0.4 is 5.32 Å². The Labute approximate surface area is 163 Å². The number of thiophene rings is 1. The zero-order valence-corrected chi connectivity index (χ0v) is 16.4. The molecule has 4 rings (SSSR count). The number of aromatic nitrogens is 1. The van der Waals surface area contributed by atoms with Crippen LogP contribution in [0.3, 0.4) is 0 Å². The molecule has 6 heteroatoms. The van der Waals surface area contributed by atoms with Crippen LogP contribution in [0, 0.1) is 6.92 Å². The highest BCUT2D eigenvalue weighted by molar-refractivity contribution is 7.16. The molecule has 3 heterocycles. The van der Waals surface area contributed by atoms with Gasteiger partial charge in [-0.2, -0.15) is 0 Å². The molecule has 5 nitrogen and oxygen atoms in total. The number of amides is 1. The van der Waals surface area contributed by atoms with E-state index in [1.54, 1.807) is 0 Å². The van der Waals surface area contributed by atoms with Crippen LogP contribution in [0.2, 0.25) is 0 Å². The monoisotopic (exact) mass is 383 g/mol. The summed E-state index contributed by atoms with van der Waals surface area (Å²) in [5.74, 6) is 0.0161. The van der Waals surface area contributed by atoms with Gasteiger partial charge < -0.3 is 14.6 Å². The number of carbonyl (C=O) groups is 1. The highest BCUT2D eigenvalue weighted by atomic mass is 32.1. The molecule has 3 aromatic rings. The van der Waals surface area contributed by atoms with E-state index in [1.807, 2.05) is 18.2 Å². The van der Waals surface area contributed by atoms with E-state index in [9.17, 15) is 4.79 Å². The molecule has 1 saturated heterocycles. The molecule has 1 fully saturated rings. The first-order chi connectivity index (χ1) is 13.2. The predicted molar refractivity (Wildman–Crippen MR) is 110 cm³/mol. The van der Waals surface area contributed by atoms with Crippen molar-refractivity contribution in [3.05, 3.63) is 53.0 Å². The normalized spacial score (nSPS) is 15.3. The molecule has 142 valence electrons. The first kappa shape index (κ1) is 18.2. The molecule has 1 N–H and O–H groups in total. The van der Waals surface area contributed by atoms with Crippen molar-refractivity contribution in [1.29, 1.82) is 0 Å². The number of rotatable bonds is 6. The summed E-state index contributed by atoms with van der Waals surface area (Å²) in [7, 11) is 0. The summed E-state index contributed by atoms with van der Waals surface area (Å²) >= 11 is 1.54. The van der Waals surface area contributed by atoms with Gasteiger partial charge in [0.1, 0.15) is 5.00 Å². The third kappa shape index (κ3) is 4.08. The fourth-order valence-corrected chi connectivity index (χ4v) is 4.57. The molecule has 0 bridgehead atoms. The molecule has 1 aliphatic heterocycles. The summed E-state index contributed by atoms with van der Waals surface area (Å²) in [6.45, 7) is 7.43. The minimum Gasteiger partial charge on any atom is -0.379 e. The van der Waals surface area contributed by atoms with Crippen LogP contribution in [0.1, 0.15) is 21.8 Å². The smallest absolute Gasteiger partial charge is 0.261 e. The SMILES string of the molecule is Cc1cc2ccccc2n1-c1ccc(C(=O)NCCCN2CCOCC2)s1. The number of fused-ring (bicyclic) bond motifs is 1. The first-order valence-corrected chi connectivity index (χ1v) is 10.3. The van der Waals surface area contributed by atoms with Crippen molar-refractivity contribution < 1.29 is 9.53 Å². The van der Waals surface area contributed by atoms with E-state index >= 15 is 0 Å². The number of nitrogens with zero attached hydrogens (tertiary/aromatic N) is 2. The Hall–Kier alpha value is -2.15.